The van der Waals surface area contributed by atoms with Crippen LogP contribution >= 0.6 is 11.6 Å². The molecule has 0 radical (unpaired) electrons. The predicted octanol–water partition coefficient (Wildman–Crippen LogP) is 6.70. The molecule has 3 atom stereocenters. The van der Waals surface area contributed by atoms with E-state index < -0.39 is 39.6 Å². The summed E-state index contributed by atoms with van der Waals surface area (Å²) in [5.74, 6) is -2.74. The number of carboxylic acid groups (broad SMARTS) is 2. The molecule has 0 saturated heterocycles. The van der Waals surface area contributed by atoms with Gasteiger partial charge in [0.05, 0.1) is 10.5 Å². The normalized spacial score (nSPS) is 18.1. The van der Waals surface area contributed by atoms with Crippen LogP contribution in [0.2, 0.25) is 5.02 Å². The molecule has 0 spiro atoms. The van der Waals surface area contributed by atoms with Crippen molar-refractivity contribution in [3.63, 3.8) is 0 Å². The van der Waals surface area contributed by atoms with Crippen molar-refractivity contribution in [2.45, 2.75) is 42.5 Å². The Morgan fingerprint density at radius 1 is 0.979 bits per heavy atom. The molecule has 2 N–H and O–H groups in total. The standard InChI is InChI=1S/C35H30ClN3O7S/c1-23(38-18-4-17-37-38)46-30-8-3-6-27(20-30)32-21-35(32,34(42)43)39(22-24-5-2-7-28(19-24)33(40)41)47(44,45)31-15-11-26(12-16-31)25-9-13-29(36)14-10-25/h2-20,23,32H,21-22H2,1H3,(H,40,41)(H,42,43)/t23?,32-,35+/m0/s1. The fraction of sp³-hybridized carbons (Fsp3) is 0.171. The first kappa shape index (κ1) is 32.0. The van der Waals surface area contributed by atoms with Crippen LogP contribution < -0.4 is 4.74 Å². The maximum absolute atomic E-state index is 14.5. The Hall–Kier alpha value is -4.97. The molecule has 47 heavy (non-hydrogen) atoms. The third kappa shape index (κ3) is 6.37. The second-order valence-corrected chi connectivity index (χ2v) is 13.6. The van der Waals surface area contributed by atoms with Crippen LogP contribution in [0.3, 0.4) is 0 Å². The van der Waals surface area contributed by atoms with Gasteiger partial charge < -0.3 is 14.9 Å². The zero-order valence-corrected chi connectivity index (χ0v) is 26.7. The molecular formula is C35H30ClN3O7S. The first-order chi connectivity index (χ1) is 22.5. The van der Waals surface area contributed by atoms with E-state index in [1.807, 2.05) is 19.1 Å². The minimum Gasteiger partial charge on any atom is -0.480 e. The Morgan fingerprint density at radius 2 is 1.66 bits per heavy atom. The summed E-state index contributed by atoms with van der Waals surface area (Å²) in [7, 11) is -4.44. The number of sulfonamides is 1. The van der Waals surface area contributed by atoms with Crippen LogP contribution in [0.5, 0.6) is 5.75 Å². The third-order valence-electron chi connectivity index (χ3n) is 8.33. The molecular weight excluding hydrogens is 642 g/mol. The Bertz CT molecular complexity index is 2030. The van der Waals surface area contributed by atoms with Gasteiger partial charge in [0, 0.05) is 29.9 Å². The van der Waals surface area contributed by atoms with Crippen molar-refractivity contribution in [2.75, 3.05) is 0 Å². The molecule has 1 fully saturated rings. The van der Waals surface area contributed by atoms with E-state index >= 15 is 0 Å². The van der Waals surface area contributed by atoms with Crippen LogP contribution in [0.4, 0.5) is 0 Å². The summed E-state index contributed by atoms with van der Waals surface area (Å²) < 4.78 is 37.6. The zero-order chi connectivity index (χ0) is 33.3. The van der Waals surface area contributed by atoms with E-state index in [0.717, 1.165) is 15.4 Å². The van der Waals surface area contributed by atoms with Crippen molar-refractivity contribution >= 4 is 33.6 Å². The number of ether oxygens (including phenoxy) is 1. The number of carbonyl (C=O) groups is 2. The lowest BCUT2D eigenvalue weighted by molar-refractivity contribution is -0.143. The number of benzene rings is 4. The number of halogens is 1. The van der Waals surface area contributed by atoms with Crippen LogP contribution in [-0.4, -0.2) is 50.2 Å². The molecule has 240 valence electrons. The van der Waals surface area contributed by atoms with Gasteiger partial charge in [-0.25, -0.2) is 17.9 Å². The maximum atomic E-state index is 14.5. The number of nitrogens with zero attached hydrogens (tertiary/aromatic N) is 3. The zero-order valence-electron chi connectivity index (χ0n) is 25.1. The largest absolute Gasteiger partial charge is 0.480 e. The van der Waals surface area contributed by atoms with Gasteiger partial charge in [0.15, 0.2) is 6.23 Å². The molecule has 1 saturated carbocycles. The number of hydrogen-bond acceptors (Lipinski definition) is 6. The molecule has 5 aromatic rings. The highest BCUT2D eigenvalue weighted by Gasteiger charge is 2.68. The Labute approximate surface area is 276 Å². The average Bonchev–Trinajstić information content (AvgIpc) is 3.57. The van der Waals surface area contributed by atoms with Gasteiger partial charge in [-0.3, -0.25) is 4.79 Å². The van der Waals surface area contributed by atoms with Gasteiger partial charge in [-0.15, -0.1) is 0 Å². The van der Waals surface area contributed by atoms with Gasteiger partial charge in [-0.05, 0) is 90.2 Å². The van der Waals surface area contributed by atoms with E-state index in [-0.39, 0.29) is 23.4 Å². The summed E-state index contributed by atoms with van der Waals surface area (Å²) in [5.41, 5.74) is 0.616. The Kier molecular flexibility index (Phi) is 8.63. The van der Waals surface area contributed by atoms with E-state index in [0.29, 0.717) is 21.9 Å². The highest BCUT2D eigenvalue weighted by atomic mass is 35.5. The van der Waals surface area contributed by atoms with E-state index in [1.54, 1.807) is 77.7 Å². The molecule has 1 aliphatic carbocycles. The molecule has 0 bridgehead atoms. The van der Waals surface area contributed by atoms with Gasteiger partial charge in [0.25, 0.3) is 0 Å². The number of hydrogen-bond donors (Lipinski definition) is 2. The van der Waals surface area contributed by atoms with E-state index in [9.17, 15) is 28.2 Å². The fourth-order valence-corrected chi connectivity index (χ4v) is 7.70. The molecule has 0 amide bonds. The molecule has 1 heterocycles. The lowest BCUT2D eigenvalue weighted by Crippen LogP contribution is -2.48. The molecule has 1 unspecified atom stereocenters. The van der Waals surface area contributed by atoms with Crippen molar-refractivity contribution in [3.05, 3.63) is 137 Å². The molecule has 6 rings (SSSR count). The SMILES string of the molecule is CC(Oc1cccc([C@@H]2C[C@@]2(C(=O)O)N(Cc2cccc(C(=O)O)c2)S(=O)(=O)c2ccc(-c3ccc(Cl)cc3)cc2)c1)n1cccn1. The first-order valence-corrected chi connectivity index (χ1v) is 16.5. The summed E-state index contributed by atoms with van der Waals surface area (Å²) >= 11 is 6.02. The minimum atomic E-state index is -4.44. The third-order valence-corrected chi connectivity index (χ3v) is 10.5. The van der Waals surface area contributed by atoms with Crippen molar-refractivity contribution in [2.24, 2.45) is 0 Å². The second-order valence-electron chi connectivity index (χ2n) is 11.3. The number of rotatable bonds is 12. The summed E-state index contributed by atoms with van der Waals surface area (Å²) in [4.78, 5) is 24.8. The van der Waals surface area contributed by atoms with Crippen molar-refractivity contribution < 1.29 is 33.0 Å². The van der Waals surface area contributed by atoms with Gasteiger partial charge >= 0.3 is 11.9 Å². The number of aliphatic carboxylic acids is 1. The topological polar surface area (TPSA) is 139 Å². The number of aromatic carboxylic acids is 1. The number of carboxylic acids is 2. The van der Waals surface area contributed by atoms with Crippen LogP contribution in [-0.2, 0) is 21.4 Å². The smallest absolute Gasteiger partial charge is 0.335 e. The quantitative estimate of drug-likeness (QED) is 0.149. The molecule has 1 aromatic heterocycles. The van der Waals surface area contributed by atoms with E-state index in [1.165, 1.54) is 30.3 Å². The van der Waals surface area contributed by atoms with Gasteiger partial charge in [-0.2, -0.15) is 9.40 Å². The minimum absolute atomic E-state index is 0.00120. The molecule has 0 aliphatic heterocycles. The molecule has 12 heteroatoms. The molecule has 4 aromatic carbocycles. The van der Waals surface area contributed by atoms with Gasteiger partial charge in [0.1, 0.15) is 11.3 Å². The van der Waals surface area contributed by atoms with Crippen molar-refractivity contribution in [1.29, 1.82) is 0 Å². The summed E-state index contributed by atoms with van der Waals surface area (Å²) in [6.45, 7) is 1.45. The van der Waals surface area contributed by atoms with Gasteiger partial charge in [-0.1, -0.05) is 60.1 Å². The molecule has 1 aliphatic rings. The summed E-state index contributed by atoms with van der Waals surface area (Å²) in [6.07, 6.45) is 2.95. The van der Waals surface area contributed by atoms with Crippen molar-refractivity contribution in [3.8, 4) is 16.9 Å². The van der Waals surface area contributed by atoms with Crippen LogP contribution in [0, 0.1) is 0 Å². The van der Waals surface area contributed by atoms with Crippen molar-refractivity contribution in [1.82, 2.24) is 14.1 Å². The summed E-state index contributed by atoms with van der Waals surface area (Å²) in [5, 5.41) is 25.1. The lowest BCUT2D eigenvalue weighted by atomic mass is 10.0. The van der Waals surface area contributed by atoms with Crippen LogP contribution in [0.15, 0.2) is 120 Å². The molecule has 10 nitrogen and oxygen atoms in total. The summed E-state index contributed by atoms with van der Waals surface area (Å²) in [6, 6.07) is 27.8. The van der Waals surface area contributed by atoms with Crippen LogP contribution in [0.25, 0.3) is 11.1 Å². The van der Waals surface area contributed by atoms with Crippen LogP contribution in [0.1, 0.15) is 47.0 Å². The highest BCUT2D eigenvalue weighted by Crippen LogP contribution is 2.58. The first-order valence-electron chi connectivity index (χ1n) is 14.7. The number of aromatic nitrogens is 2. The Morgan fingerprint density at radius 3 is 2.30 bits per heavy atom. The van der Waals surface area contributed by atoms with Gasteiger partial charge in [0.2, 0.25) is 10.0 Å². The lowest BCUT2D eigenvalue weighted by Gasteiger charge is -2.30. The van der Waals surface area contributed by atoms with E-state index in [4.69, 9.17) is 16.3 Å². The predicted molar refractivity (Wildman–Crippen MR) is 175 cm³/mol. The average molecular weight is 672 g/mol. The monoisotopic (exact) mass is 671 g/mol. The second kappa shape index (κ2) is 12.7. The Balaban J connectivity index is 1.38. The fourth-order valence-electron chi connectivity index (χ4n) is 5.81. The maximum Gasteiger partial charge on any atom is 0.335 e. The van der Waals surface area contributed by atoms with E-state index in [2.05, 4.69) is 5.10 Å². The highest BCUT2D eigenvalue weighted by molar-refractivity contribution is 7.89.